The Bertz CT molecular complexity index is 1120. The molecule has 1 unspecified atom stereocenters. The molecule has 0 radical (unpaired) electrons. The van der Waals surface area contributed by atoms with Crippen molar-refractivity contribution in [3.63, 3.8) is 0 Å². The van der Waals surface area contributed by atoms with Crippen LogP contribution in [0.25, 0.3) is 0 Å². The minimum Gasteiger partial charge on any atom is -0.352 e. The summed E-state index contributed by atoms with van der Waals surface area (Å²) in [6.07, 6.45) is 0. The number of amides is 5. The molecule has 0 bridgehead atoms. The number of rotatable bonds is 7. The first-order chi connectivity index (χ1) is 15.2. The van der Waals surface area contributed by atoms with Crippen molar-refractivity contribution in [2.75, 3.05) is 18.4 Å². The predicted octanol–water partition coefficient (Wildman–Crippen LogP) is 1.75. The first-order valence-electron chi connectivity index (χ1n) is 9.73. The summed E-state index contributed by atoms with van der Waals surface area (Å²) in [6.45, 7) is 3.08. The van der Waals surface area contributed by atoms with E-state index in [2.05, 4.69) is 16.0 Å². The number of hydrogen-bond donors (Lipinski definition) is 3. The van der Waals surface area contributed by atoms with Gasteiger partial charge in [0.1, 0.15) is 12.1 Å². The number of nitro benzene ring substituents is 1. The van der Waals surface area contributed by atoms with Crippen molar-refractivity contribution in [3.8, 4) is 0 Å². The van der Waals surface area contributed by atoms with Crippen LogP contribution in [-0.4, -0.2) is 46.7 Å². The third-order valence-electron chi connectivity index (χ3n) is 4.96. The molecule has 1 fully saturated rings. The predicted molar refractivity (Wildman–Crippen MR) is 114 cm³/mol. The highest BCUT2D eigenvalue weighted by Gasteiger charge is 2.49. The highest BCUT2D eigenvalue weighted by molar-refractivity contribution is 6.10. The average Bonchev–Trinajstić information content (AvgIpc) is 2.98. The first-order valence-corrected chi connectivity index (χ1v) is 9.73. The van der Waals surface area contributed by atoms with Crippen molar-refractivity contribution >= 4 is 35.1 Å². The Labute approximate surface area is 182 Å². The van der Waals surface area contributed by atoms with Gasteiger partial charge in [-0.25, -0.2) is 4.79 Å². The van der Waals surface area contributed by atoms with Gasteiger partial charge >= 0.3 is 6.03 Å². The Kier molecular flexibility index (Phi) is 6.19. The molecule has 1 saturated heterocycles. The zero-order valence-corrected chi connectivity index (χ0v) is 17.4. The van der Waals surface area contributed by atoms with Crippen LogP contribution in [0.2, 0.25) is 0 Å². The SMILES string of the molecule is CCNC(=O)c1cccc(NC(=O)CN2C(=O)NC(C)(c3cccc([N+](=O)[O-])c3)C2=O)c1. The Morgan fingerprint density at radius 3 is 2.56 bits per heavy atom. The molecule has 0 aliphatic carbocycles. The molecular formula is C21H21N5O6. The lowest BCUT2D eigenvalue weighted by atomic mass is 9.91. The van der Waals surface area contributed by atoms with Gasteiger partial charge in [-0.15, -0.1) is 0 Å². The summed E-state index contributed by atoms with van der Waals surface area (Å²) < 4.78 is 0. The van der Waals surface area contributed by atoms with Crippen LogP contribution in [0.4, 0.5) is 16.2 Å². The Balaban J connectivity index is 1.74. The summed E-state index contributed by atoms with van der Waals surface area (Å²) >= 11 is 0. The van der Waals surface area contributed by atoms with Gasteiger partial charge in [0.2, 0.25) is 5.91 Å². The molecule has 0 saturated carbocycles. The van der Waals surface area contributed by atoms with Crippen molar-refractivity contribution in [1.29, 1.82) is 0 Å². The van der Waals surface area contributed by atoms with Gasteiger partial charge < -0.3 is 16.0 Å². The second kappa shape index (κ2) is 8.84. The van der Waals surface area contributed by atoms with Crippen LogP contribution in [-0.2, 0) is 15.1 Å². The highest BCUT2D eigenvalue weighted by Crippen LogP contribution is 2.30. The van der Waals surface area contributed by atoms with Crippen LogP contribution in [0.15, 0.2) is 48.5 Å². The fraction of sp³-hybridized carbons (Fsp3) is 0.238. The van der Waals surface area contributed by atoms with Crippen molar-refractivity contribution in [3.05, 3.63) is 69.8 Å². The van der Waals surface area contributed by atoms with Gasteiger partial charge in [0.15, 0.2) is 0 Å². The number of nitrogens with zero attached hydrogens (tertiary/aromatic N) is 2. The number of anilines is 1. The molecule has 0 spiro atoms. The molecule has 11 heteroatoms. The molecule has 5 amide bonds. The van der Waals surface area contributed by atoms with E-state index in [0.29, 0.717) is 17.8 Å². The van der Waals surface area contributed by atoms with E-state index < -0.39 is 34.9 Å². The van der Waals surface area contributed by atoms with Crippen LogP contribution in [0.1, 0.15) is 29.8 Å². The van der Waals surface area contributed by atoms with Gasteiger partial charge in [-0.2, -0.15) is 0 Å². The number of non-ortho nitro benzene ring substituents is 1. The van der Waals surface area contributed by atoms with Crippen LogP contribution >= 0.6 is 0 Å². The van der Waals surface area contributed by atoms with E-state index in [4.69, 9.17) is 0 Å². The molecule has 2 aromatic carbocycles. The van der Waals surface area contributed by atoms with E-state index in [9.17, 15) is 29.3 Å². The molecule has 1 aliphatic rings. The maximum Gasteiger partial charge on any atom is 0.325 e. The molecule has 2 aromatic rings. The lowest BCUT2D eigenvalue weighted by molar-refractivity contribution is -0.385. The average molecular weight is 439 g/mol. The number of benzene rings is 2. The van der Waals surface area contributed by atoms with Crippen molar-refractivity contribution in [2.45, 2.75) is 19.4 Å². The first kappa shape index (κ1) is 22.4. The van der Waals surface area contributed by atoms with E-state index in [1.807, 2.05) is 0 Å². The lowest BCUT2D eigenvalue weighted by Crippen LogP contribution is -2.42. The van der Waals surface area contributed by atoms with E-state index in [0.717, 1.165) is 4.90 Å². The van der Waals surface area contributed by atoms with Crippen LogP contribution in [0.5, 0.6) is 0 Å². The highest BCUT2D eigenvalue weighted by atomic mass is 16.6. The van der Waals surface area contributed by atoms with E-state index in [1.54, 1.807) is 25.1 Å². The Morgan fingerprint density at radius 1 is 1.16 bits per heavy atom. The quantitative estimate of drug-likeness (QED) is 0.340. The molecular weight excluding hydrogens is 418 g/mol. The summed E-state index contributed by atoms with van der Waals surface area (Å²) in [5.74, 6) is -1.66. The molecule has 1 heterocycles. The van der Waals surface area contributed by atoms with Gasteiger partial charge in [0, 0.05) is 29.9 Å². The number of hydrogen-bond acceptors (Lipinski definition) is 6. The maximum atomic E-state index is 13.0. The van der Waals surface area contributed by atoms with Crippen LogP contribution < -0.4 is 16.0 Å². The summed E-state index contributed by atoms with van der Waals surface area (Å²) in [5.41, 5.74) is -0.886. The number of carbonyl (C=O) groups is 4. The Morgan fingerprint density at radius 2 is 1.88 bits per heavy atom. The number of imide groups is 1. The summed E-state index contributed by atoms with van der Waals surface area (Å²) in [4.78, 5) is 61.0. The number of nitro groups is 1. The van der Waals surface area contributed by atoms with Gasteiger partial charge in [-0.3, -0.25) is 29.4 Å². The third kappa shape index (κ3) is 4.41. The maximum absolute atomic E-state index is 13.0. The summed E-state index contributed by atoms with van der Waals surface area (Å²) in [5, 5.41) is 18.8. The van der Waals surface area contributed by atoms with Gasteiger partial charge in [-0.05, 0) is 37.6 Å². The van der Waals surface area contributed by atoms with Crippen LogP contribution in [0, 0.1) is 10.1 Å². The second-order valence-electron chi connectivity index (χ2n) is 7.24. The van der Waals surface area contributed by atoms with Crippen molar-refractivity contribution in [1.82, 2.24) is 15.5 Å². The van der Waals surface area contributed by atoms with E-state index in [-0.39, 0.29) is 17.2 Å². The fourth-order valence-electron chi connectivity index (χ4n) is 3.31. The molecule has 1 aliphatic heterocycles. The largest absolute Gasteiger partial charge is 0.352 e. The van der Waals surface area contributed by atoms with Crippen molar-refractivity contribution in [2.24, 2.45) is 0 Å². The summed E-state index contributed by atoms with van der Waals surface area (Å²) in [7, 11) is 0. The summed E-state index contributed by atoms with van der Waals surface area (Å²) in [6, 6.07) is 10.8. The normalized spacial score (nSPS) is 17.6. The monoisotopic (exact) mass is 439 g/mol. The zero-order chi connectivity index (χ0) is 23.5. The fourth-order valence-corrected chi connectivity index (χ4v) is 3.31. The molecule has 3 rings (SSSR count). The van der Waals surface area contributed by atoms with Crippen molar-refractivity contribution < 1.29 is 24.1 Å². The standard InChI is InChI=1S/C21H21N5O6/c1-3-22-18(28)13-6-4-8-15(10-13)23-17(27)12-25-19(29)21(2,24-20(25)30)14-7-5-9-16(11-14)26(31)32/h4-11H,3,12H2,1-2H3,(H,22,28)(H,23,27)(H,24,30). The molecule has 3 N–H and O–H groups in total. The third-order valence-corrected chi connectivity index (χ3v) is 4.96. The van der Waals surface area contributed by atoms with Gasteiger partial charge in [0.05, 0.1) is 4.92 Å². The van der Waals surface area contributed by atoms with E-state index in [1.165, 1.54) is 37.3 Å². The van der Waals surface area contributed by atoms with E-state index >= 15 is 0 Å². The Hall–Kier alpha value is -4.28. The van der Waals surface area contributed by atoms with Gasteiger partial charge in [0.25, 0.3) is 17.5 Å². The molecule has 166 valence electrons. The number of urea groups is 1. The molecule has 11 nitrogen and oxygen atoms in total. The zero-order valence-electron chi connectivity index (χ0n) is 17.4. The molecule has 0 aromatic heterocycles. The number of nitrogens with one attached hydrogen (secondary N) is 3. The molecule has 32 heavy (non-hydrogen) atoms. The molecule has 1 atom stereocenters. The topological polar surface area (TPSA) is 151 Å². The van der Waals surface area contributed by atoms with Crippen LogP contribution in [0.3, 0.4) is 0 Å². The van der Waals surface area contributed by atoms with Gasteiger partial charge in [-0.1, -0.05) is 18.2 Å². The minimum absolute atomic E-state index is 0.225. The second-order valence-corrected chi connectivity index (χ2v) is 7.24. The smallest absolute Gasteiger partial charge is 0.325 e. The number of carbonyl (C=O) groups excluding carboxylic acids is 4. The lowest BCUT2D eigenvalue weighted by Gasteiger charge is -2.22. The minimum atomic E-state index is -1.55.